The van der Waals surface area contributed by atoms with E-state index < -0.39 is 20.0 Å². The zero-order valence-electron chi connectivity index (χ0n) is 24.0. The van der Waals surface area contributed by atoms with Crippen LogP contribution in [0.1, 0.15) is 94.4 Å². The van der Waals surface area contributed by atoms with E-state index in [0.29, 0.717) is 18.9 Å². The molecular formula is C28H54O5Si. The van der Waals surface area contributed by atoms with Crippen LogP contribution in [0.15, 0.2) is 23.3 Å². The first-order valence-corrected chi connectivity index (χ1v) is 15.8. The van der Waals surface area contributed by atoms with Gasteiger partial charge in [-0.15, -0.1) is 0 Å². The van der Waals surface area contributed by atoms with Gasteiger partial charge in [-0.1, -0.05) is 58.6 Å². The molecule has 200 valence electrons. The van der Waals surface area contributed by atoms with Crippen molar-refractivity contribution in [3.63, 3.8) is 0 Å². The second-order valence-corrected chi connectivity index (χ2v) is 17.4. The molecule has 0 saturated carbocycles. The van der Waals surface area contributed by atoms with Crippen LogP contribution in [0.2, 0.25) is 18.1 Å². The van der Waals surface area contributed by atoms with Crippen molar-refractivity contribution in [1.29, 1.82) is 0 Å². The highest BCUT2D eigenvalue weighted by Gasteiger charge is 2.38. The van der Waals surface area contributed by atoms with Crippen LogP contribution in [0.3, 0.4) is 0 Å². The highest BCUT2D eigenvalue weighted by atomic mass is 28.4. The molecular weight excluding hydrogens is 444 g/mol. The van der Waals surface area contributed by atoms with E-state index in [-0.39, 0.29) is 23.5 Å². The first-order valence-electron chi connectivity index (χ1n) is 12.9. The molecule has 0 spiro atoms. The van der Waals surface area contributed by atoms with Crippen LogP contribution in [-0.2, 0) is 14.0 Å². The maximum absolute atomic E-state index is 11.9. The maximum atomic E-state index is 11.9. The van der Waals surface area contributed by atoms with Gasteiger partial charge in [-0.2, -0.15) is 0 Å². The van der Waals surface area contributed by atoms with Crippen molar-refractivity contribution in [2.45, 2.75) is 124 Å². The minimum absolute atomic E-state index is 0.0493. The molecule has 0 fully saturated rings. The number of aliphatic hydroxyl groups excluding tert-OH is 2. The van der Waals surface area contributed by atoms with Gasteiger partial charge in [-0.05, 0) is 77.1 Å². The molecule has 5 nitrogen and oxygen atoms in total. The fourth-order valence-corrected chi connectivity index (χ4v) is 4.62. The molecule has 0 aromatic rings. The fraction of sp³-hybridized carbons (Fsp3) is 0.821. The minimum Gasteiger partial charge on any atom is -0.457 e. The lowest BCUT2D eigenvalue weighted by Gasteiger charge is -2.37. The highest BCUT2D eigenvalue weighted by molar-refractivity contribution is 6.74. The maximum Gasteiger partial charge on any atom is 0.331 e. The number of carbonyl (C=O) groups is 1. The molecule has 0 heterocycles. The molecule has 0 radical (unpaired) electrons. The summed E-state index contributed by atoms with van der Waals surface area (Å²) in [4.78, 5) is 11.9. The molecule has 0 aromatic carbocycles. The third kappa shape index (κ3) is 14.4. The third-order valence-electron chi connectivity index (χ3n) is 6.59. The van der Waals surface area contributed by atoms with Gasteiger partial charge in [0.25, 0.3) is 0 Å². The molecule has 0 aliphatic carbocycles. The number of hydrogen-bond donors (Lipinski definition) is 2. The number of rotatable bonds is 14. The molecule has 6 heteroatoms. The quantitative estimate of drug-likeness (QED) is 0.0905. The number of hydrogen-bond acceptors (Lipinski definition) is 5. The van der Waals surface area contributed by atoms with Gasteiger partial charge in [-0.3, -0.25) is 0 Å². The van der Waals surface area contributed by atoms with Crippen LogP contribution in [-0.4, -0.2) is 49.4 Å². The summed E-state index contributed by atoms with van der Waals surface area (Å²) < 4.78 is 11.6. The van der Waals surface area contributed by atoms with Crippen molar-refractivity contribution in [3.05, 3.63) is 23.3 Å². The highest BCUT2D eigenvalue weighted by Crippen LogP contribution is 2.37. The Hall–Kier alpha value is -0.953. The zero-order chi connectivity index (χ0) is 26.7. The van der Waals surface area contributed by atoms with E-state index in [1.54, 1.807) is 6.08 Å². The largest absolute Gasteiger partial charge is 0.457 e. The van der Waals surface area contributed by atoms with E-state index in [1.807, 2.05) is 27.7 Å². The summed E-state index contributed by atoms with van der Waals surface area (Å²) >= 11 is 0. The summed E-state index contributed by atoms with van der Waals surface area (Å²) in [6, 6.07) is 0. The lowest BCUT2D eigenvalue weighted by atomic mass is 9.93. The third-order valence-corrected chi connectivity index (χ3v) is 11.1. The summed E-state index contributed by atoms with van der Waals surface area (Å²) in [7, 11) is -1.89. The molecule has 0 saturated heterocycles. The van der Waals surface area contributed by atoms with Crippen molar-refractivity contribution in [1.82, 2.24) is 0 Å². The van der Waals surface area contributed by atoms with Crippen molar-refractivity contribution >= 4 is 14.3 Å². The van der Waals surface area contributed by atoms with Gasteiger partial charge in [0, 0.05) is 18.6 Å². The standard InChI is InChI=1S/C28H54O5Si/c1-21(16-22(2)17-23(3)18-26(31)33-27(4,5)6)14-12-13-15-25(30)24(19-29)20-32-34(10,11)28(7,8)9/h17-18,21,24-25,29-30H,12-16,19-20H2,1-11H3/b22-17-,23-18+/t21-,24-,25-/m1/s1. The van der Waals surface area contributed by atoms with Crippen LogP contribution >= 0.6 is 0 Å². The van der Waals surface area contributed by atoms with E-state index >= 15 is 0 Å². The normalized spacial score (nSPS) is 16.9. The van der Waals surface area contributed by atoms with E-state index in [2.05, 4.69) is 53.8 Å². The molecule has 0 rings (SSSR count). The average molecular weight is 499 g/mol. The number of allylic oxidation sites excluding steroid dienone is 3. The number of unbranched alkanes of at least 4 members (excludes halogenated alkanes) is 1. The van der Waals surface area contributed by atoms with Crippen LogP contribution in [0.25, 0.3) is 0 Å². The van der Waals surface area contributed by atoms with Crippen LogP contribution < -0.4 is 0 Å². The number of esters is 1. The Morgan fingerprint density at radius 3 is 2.06 bits per heavy atom. The van der Waals surface area contributed by atoms with Crippen molar-refractivity contribution in [2.75, 3.05) is 13.2 Å². The Morgan fingerprint density at radius 1 is 1.00 bits per heavy atom. The second kappa shape index (κ2) is 14.6. The van der Waals surface area contributed by atoms with Crippen molar-refractivity contribution in [3.8, 4) is 0 Å². The Morgan fingerprint density at radius 2 is 1.56 bits per heavy atom. The molecule has 0 aromatic heterocycles. The van der Waals surface area contributed by atoms with E-state index in [9.17, 15) is 15.0 Å². The summed E-state index contributed by atoms with van der Waals surface area (Å²) in [5.41, 5.74) is 1.66. The topological polar surface area (TPSA) is 76.0 Å². The lowest BCUT2D eigenvalue weighted by Crippen LogP contribution is -2.43. The van der Waals surface area contributed by atoms with Gasteiger partial charge in [0.05, 0.1) is 12.7 Å². The molecule has 2 N–H and O–H groups in total. The Labute approximate surface area is 211 Å². The first kappa shape index (κ1) is 33.0. The van der Waals surface area contributed by atoms with Crippen molar-refractivity contribution < 1.29 is 24.2 Å². The molecule has 0 aliphatic heterocycles. The monoisotopic (exact) mass is 498 g/mol. The van der Waals surface area contributed by atoms with Crippen LogP contribution in [0.4, 0.5) is 0 Å². The smallest absolute Gasteiger partial charge is 0.331 e. The summed E-state index contributed by atoms with van der Waals surface area (Å²) in [6.07, 6.45) is 7.78. The van der Waals surface area contributed by atoms with Gasteiger partial charge in [0.1, 0.15) is 5.60 Å². The second-order valence-electron chi connectivity index (χ2n) is 12.6. The van der Waals surface area contributed by atoms with Crippen molar-refractivity contribution in [2.24, 2.45) is 11.8 Å². The Bertz CT molecular complexity index is 667. The lowest BCUT2D eigenvalue weighted by molar-refractivity contribution is -0.148. The summed E-state index contributed by atoms with van der Waals surface area (Å²) in [5.74, 6) is -0.00806. The molecule has 0 bridgehead atoms. The number of carbonyl (C=O) groups excluding carboxylic acids is 1. The molecule has 3 atom stereocenters. The Balaban J connectivity index is 4.45. The fourth-order valence-electron chi connectivity index (χ4n) is 3.56. The first-order chi connectivity index (χ1) is 15.4. The predicted octanol–water partition coefficient (Wildman–Crippen LogP) is 6.80. The average Bonchev–Trinajstić information content (AvgIpc) is 2.62. The molecule has 0 amide bonds. The van der Waals surface area contributed by atoms with E-state index in [4.69, 9.17) is 9.16 Å². The molecule has 34 heavy (non-hydrogen) atoms. The molecule has 0 aliphatic rings. The summed E-state index contributed by atoms with van der Waals surface area (Å²) in [5, 5.41) is 20.5. The number of ether oxygens (including phenoxy) is 1. The van der Waals surface area contributed by atoms with Crippen LogP contribution in [0, 0.1) is 11.8 Å². The van der Waals surface area contributed by atoms with Gasteiger partial charge < -0.3 is 19.4 Å². The SMILES string of the molecule is C/C(=C/C(C)=C/C(=O)OC(C)(C)C)C[C@H](C)CCCC[C@@H](O)[C@H](CO)CO[Si](C)(C)C(C)(C)C. The number of aliphatic hydroxyl groups is 2. The van der Waals surface area contributed by atoms with Gasteiger partial charge >= 0.3 is 5.97 Å². The molecule has 0 unspecified atom stereocenters. The van der Waals surface area contributed by atoms with Crippen LogP contribution in [0.5, 0.6) is 0 Å². The predicted molar refractivity (Wildman–Crippen MR) is 145 cm³/mol. The van der Waals surface area contributed by atoms with Gasteiger partial charge in [0.15, 0.2) is 8.32 Å². The van der Waals surface area contributed by atoms with Gasteiger partial charge in [-0.25, -0.2) is 4.79 Å². The summed E-state index contributed by atoms with van der Waals surface area (Å²) in [6.45, 7) is 23.2. The zero-order valence-corrected chi connectivity index (χ0v) is 25.0. The van der Waals surface area contributed by atoms with Gasteiger partial charge in [0.2, 0.25) is 0 Å². The minimum atomic E-state index is -1.89. The van der Waals surface area contributed by atoms with E-state index in [1.165, 1.54) is 5.57 Å². The van der Waals surface area contributed by atoms with E-state index in [0.717, 1.165) is 31.3 Å². The Kier molecular flexibility index (Phi) is 14.2.